The number of carbonyl (C=O) groups is 2. The van der Waals surface area contributed by atoms with Crippen LogP contribution in [-0.2, 0) is 9.59 Å². The molecule has 0 fully saturated rings. The van der Waals surface area contributed by atoms with Crippen LogP contribution in [-0.4, -0.2) is 50.1 Å². The van der Waals surface area contributed by atoms with E-state index in [1.165, 1.54) is 0 Å². The number of carboxylic acid groups (broad SMARTS) is 2. The summed E-state index contributed by atoms with van der Waals surface area (Å²) >= 11 is 2.59. The molecule has 0 aromatic carbocycles. The second-order valence-electron chi connectivity index (χ2n) is 1.07. The zero-order valence-corrected chi connectivity index (χ0v) is 8.71. The molecular weight excluding hydrogens is 262 g/mol. The summed E-state index contributed by atoms with van der Waals surface area (Å²) in [5, 5.41) is 45.1. The molecule has 0 spiro atoms. The van der Waals surface area contributed by atoms with Gasteiger partial charge in [0.05, 0.1) is 0 Å². The Morgan fingerprint density at radius 3 is 1.21 bits per heavy atom. The Kier molecular flexibility index (Phi) is 31.5. The van der Waals surface area contributed by atoms with E-state index in [1.807, 2.05) is 0 Å². The average Bonchev–Trinajstić information content (AvgIpc) is 1.87. The Morgan fingerprint density at radius 1 is 1.14 bits per heavy atom. The van der Waals surface area contributed by atoms with Crippen LogP contribution in [0.2, 0.25) is 0 Å². The van der Waals surface area contributed by atoms with Crippen LogP contribution in [0.5, 0.6) is 0 Å². The third kappa shape index (κ3) is 92.4. The van der Waals surface area contributed by atoms with Gasteiger partial charge in [-0.15, -0.1) is 15.9 Å². The van der Waals surface area contributed by atoms with Crippen molar-refractivity contribution in [2.24, 2.45) is 0 Å². The van der Waals surface area contributed by atoms with E-state index < -0.39 is 19.3 Å². The van der Waals surface area contributed by atoms with E-state index in [2.05, 4.69) is 15.9 Å². The molecule has 0 rings (SSSR count). The minimum absolute atomic E-state index is 0. The van der Waals surface area contributed by atoms with Crippen molar-refractivity contribution in [1.29, 1.82) is 0 Å². The molecule has 0 bridgehead atoms. The summed E-state index contributed by atoms with van der Waals surface area (Å²) in [6, 6.07) is 0. The summed E-state index contributed by atoms with van der Waals surface area (Å²) in [6.07, 6.45) is 0. The van der Waals surface area contributed by atoms with Crippen LogP contribution in [0.15, 0.2) is 0 Å². The largest absolute Gasteiger partial charge is 1.00 e. The van der Waals surface area contributed by atoms with E-state index in [1.54, 1.807) is 0 Å². The quantitative estimate of drug-likeness (QED) is 0.165. The molecule has 0 atom stereocenters. The third-order valence-corrected chi connectivity index (χ3v) is 0.183. The third-order valence-electron chi connectivity index (χ3n) is 0.183. The van der Waals surface area contributed by atoms with Crippen molar-refractivity contribution in [3.05, 3.63) is 0 Å². The van der Waals surface area contributed by atoms with Gasteiger partial charge in [0.15, 0.2) is 0 Å². The van der Waals surface area contributed by atoms with Crippen LogP contribution < -0.4 is 24.0 Å². The first-order chi connectivity index (χ1) is 5.79. The van der Waals surface area contributed by atoms with Gasteiger partial charge < -0.3 is 30.4 Å². The summed E-state index contributed by atoms with van der Waals surface area (Å²) in [5.41, 5.74) is -0.188. The summed E-state index contributed by atoms with van der Waals surface area (Å²) in [4.78, 5) is 18.2. The summed E-state index contributed by atoms with van der Waals surface area (Å²) < 4.78 is 0. The molecule has 78 valence electrons. The minimum Gasteiger partial charge on any atom is -0.846 e. The topological polar surface area (TPSA) is 158 Å². The van der Waals surface area contributed by atoms with Crippen molar-refractivity contribution in [1.82, 2.24) is 0 Å². The SMILES string of the molecule is O=C(O)C(=O)O.OB(O)O.[Li+].[O-]CBr. The molecule has 14 heavy (non-hydrogen) atoms. The van der Waals surface area contributed by atoms with Gasteiger partial charge in [-0.25, -0.2) is 9.59 Å². The molecule has 5 N–H and O–H groups in total. The zero-order valence-electron chi connectivity index (χ0n) is 7.12. The average molecular weight is 269 g/mol. The van der Waals surface area contributed by atoms with Crippen molar-refractivity contribution in [3.8, 4) is 0 Å². The van der Waals surface area contributed by atoms with Crippen molar-refractivity contribution in [2.75, 3.05) is 5.52 Å². The van der Waals surface area contributed by atoms with Crippen molar-refractivity contribution < 1.29 is 58.8 Å². The van der Waals surface area contributed by atoms with Gasteiger partial charge in [-0.2, -0.15) is 0 Å². The van der Waals surface area contributed by atoms with Crippen LogP contribution in [0, 0.1) is 0 Å². The summed E-state index contributed by atoms with van der Waals surface area (Å²) in [5.74, 6) is -3.65. The van der Waals surface area contributed by atoms with Crippen LogP contribution in [0.1, 0.15) is 0 Å². The minimum atomic E-state index is -2.17. The fourth-order valence-electron chi connectivity index (χ4n) is 0. The van der Waals surface area contributed by atoms with Gasteiger partial charge in [0.2, 0.25) is 0 Å². The number of hydrogen-bond acceptors (Lipinski definition) is 6. The smallest absolute Gasteiger partial charge is 0.846 e. The molecule has 0 aliphatic rings. The Balaban J connectivity index is -0.0000000553. The molecule has 0 aromatic rings. The van der Waals surface area contributed by atoms with Gasteiger partial charge in [0.1, 0.15) is 0 Å². The molecule has 0 amide bonds. The summed E-state index contributed by atoms with van der Waals surface area (Å²) in [7, 11) is -2.17. The maximum absolute atomic E-state index is 9.10. The molecule has 0 saturated heterocycles. The maximum atomic E-state index is 9.10. The van der Waals surface area contributed by atoms with Crippen molar-refractivity contribution in [3.63, 3.8) is 0 Å². The predicted octanol–water partition coefficient (Wildman–Crippen LogP) is -6.19. The molecule has 8 nitrogen and oxygen atoms in total. The van der Waals surface area contributed by atoms with Gasteiger partial charge in [0.25, 0.3) is 0 Å². The fraction of sp³-hybridized carbons (Fsp3) is 0.333. The number of alkyl halides is 1. The number of halogens is 1. The van der Waals surface area contributed by atoms with Gasteiger partial charge in [-0.05, 0) is 0 Å². The van der Waals surface area contributed by atoms with Crippen molar-refractivity contribution >= 4 is 35.2 Å². The monoisotopic (exact) mass is 268 g/mol. The number of carboxylic acids is 2. The molecule has 0 unspecified atom stereocenters. The van der Waals surface area contributed by atoms with E-state index in [4.69, 9.17) is 40.0 Å². The van der Waals surface area contributed by atoms with E-state index in [-0.39, 0.29) is 24.4 Å². The number of rotatable bonds is 0. The van der Waals surface area contributed by atoms with E-state index in [9.17, 15) is 0 Å². The molecule has 11 heteroatoms. The first kappa shape index (κ1) is 23.6. The molecule has 0 aliphatic heterocycles. The van der Waals surface area contributed by atoms with Gasteiger partial charge >= 0.3 is 38.1 Å². The molecule has 0 aromatic heterocycles. The number of hydrogen-bond donors (Lipinski definition) is 5. The van der Waals surface area contributed by atoms with E-state index in [0.29, 0.717) is 0 Å². The Morgan fingerprint density at radius 2 is 1.21 bits per heavy atom. The molecule has 0 saturated carbocycles. The Hall–Kier alpha value is -0.0777. The normalized spacial score (nSPS) is 6.36. The first-order valence-corrected chi connectivity index (χ1v) is 3.56. The molecule has 0 aliphatic carbocycles. The molecule has 0 radical (unpaired) electrons. The summed E-state index contributed by atoms with van der Waals surface area (Å²) in [6.45, 7) is 0. The van der Waals surface area contributed by atoms with Gasteiger partial charge in [0, 0.05) is 0 Å². The van der Waals surface area contributed by atoms with Crippen LogP contribution >= 0.6 is 15.9 Å². The zero-order chi connectivity index (χ0) is 11.4. The molecular formula is C3H7BBrLiO8. The van der Waals surface area contributed by atoms with Gasteiger partial charge in [-0.3, -0.25) is 0 Å². The van der Waals surface area contributed by atoms with Crippen molar-refractivity contribution in [2.45, 2.75) is 0 Å². The number of aliphatic carboxylic acids is 2. The second kappa shape index (κ2) is 18.7. The van der Waals surface area contributed by atoms with Crippen LogP contribution in [0.25, 0.3) is 0 Å². The second-order valence-corrected chi connectivity index (χ2v) is 1.52. The van der Waals surface area contributed by atoms with Crippen LogP contribution in [0.3, 0.4) is 0 Å². The van der Waals surface area contributed by atoms with Gasteiger partial charge in [-0.1, -0.05) is 5.52 Å². The van der Waals surface area contributed by atoms with E-state index >= 15 is 0 Å². The Labute approximate surface area is 99.7 Å². The maximum Gasteiger partial charge on any atom is 1.00 e. The van der Waals surface area contributed by atoms with Crippen LogP contribution in [0.4, 0.5) is 0 Å². The Bertz CT molecular complexity index is 128. The van der Waals surface area contributed by atoms with E-state index in [0.717, 1.165) is 0 Å². The standard InChI is InChI=1S/C2H2O4.CH2BrO.BH3O3.Li/c3-1(4)2(5)6;2-1-3;2-1(3)4;/h(H,3,4)(H,5,6);1H2;2-4H;/q;-1;;+1. The first-order valence-electron chi connectivity index (χ1n) is 2.44. The fourth-order valence-corrected chi connectivity index (χ4v) is 0. The molecule has 0 heterocycles. The predicted molar refractivity (Wildman–Crippen MR) is 41.5 cm³/mol.